The fourth-order valence-electron chi connectivity index (χ4n) is 3.52. The second-order valence-electron chi connectivity index (χ2n) is 6.07. The summed E-state index contributed by atoms with van der Waals surface area (Å²) >= 11 is 0. The van der Waals surface area contributed by atoms with Gasteiger partial charge in [0.2, 0.25) is 0 Å². The molecule has 1 fully saturated rings. The van der Waals surface area contributed by atoms with Crippen molar-refractivity contribution in [3.63, 3.8) is 0 Å². The number of hydrogen-bond donors (Lipinski definition) is 1. The van der Waals surface area contributed by atoms with Gasteiger partial charge in [-0.1, -0.05) is 30.3 Å². The van der Waals surface area contributed by atoms with Crippen molar-refractivity contribution in [3.8, 4) is 0 Å². The Balaban J connectivity index is 1.79. The van der Waals surface area contributed by atoms with E-state index in [1.54, 1.807) is 31.2 Å². The van der Waals surface area contributed by atoms with Gasteiger partial charge in [-0.25, -0.2) is 0 Å². The normalized spacial score (nSPS) is 27.8. The summed E-state index contributed by atoms with van der Waals surface area (Å²) in [6.45, 7) is 4.11. The number of benzene rings is 1. The van der Waals surface area contributed by atoms with Crippen LogP contribution in [0.4, 0.5) is 0 Å². The van der Waals surface area contributed by atoms with Gasteiger partial charge in [0, 0.05) is 11.5 Å². The van der Waals surface area contributed by atoms with Crippen LogP contribution in [0, 0.1) is 11.8 Å². The van der Waals surface area contributed by atoms with E-state index in [1.807, 2.05) is 13.0 Å². The molecule has 0 spiro atoms. The lowest BCUT2D eigenvalue weighted by Gasteiger charge is -2.23. The van der Waals surface area contributed by atoms with E-state index in [2.05, 4.69) is 10.5 Å². The number of ether oxygens (including phenoxy) is 1. The van der Waals surface area contributed by atoms with E-state index in [0.29, 0.717) is 18.6 Å². The molecule has 6 heteroatoms. The van der Waals surface area contributed by atoms with E-state index in [9.17, 15) is 9.59 Å². The maximum atomic E-state index is 12.5. The first-order valence-corrected chi connectivity index (χ1v) is 8.40. The van der Waals surface area contributed by atoms with Crippen molar-refractivity contribution in [2.24, 2.45) is 17.0 Å². The average Bonchev–Trinajstić information content (AvgIpc) is 3.15. The number of fused-ring (bicyclic) bond motifs is 1. The summed E-state index contributed by atoms with van der Waals surface area (Å²) in [5.74, 6) is -0.858. The number of amides is 1. The van der Waals surface area contributed by atoms with Crippen LogP contribution < -0.4 is 5.32 Å². The first-order chi connectivity index (χ1) is 11.7. The number of nitrogens with one attached hydrogen (secondary N) is 1. The van der Waals surface area contributed by atoms with Crippen LogP contribution >= 0.6 is 0 Å². The summed E-state index contributed by atoms with van der Waals surface area (Å²) in [6.07, 6.45) is 1.06. The van der Waals surface area contributed by atoms with Gasteiger partial charge in [0.1, 0.15) is 0 Å². The molecular weight excluding hydrogens is 308 g/mol. The highest BCUT2D eigenvalue weighted by Crippen LogP contribution is 2.40. The summed E-state index contributed by atoms with van der Waals surface area (Å²) in [7, 11) is 0. The number of rotatable bonds is 5. The van der Waals surface area contributed by atoms with E-state index in [-0.39, 0.29) is 23.9 Å². The van der Waals surface area contributed by atoms with Crippen LogP contribution in [0.2, 0.25) is 0 Å². The van der Waals surface area contributed by atoms with E-state index in [1.165, 1.54) is 0 Å². The first-order valence-electron chi connectivity index (χ1n) is 8.40. The number of esters is 1. The van der Waals surface area contributed by atoms with Crippen molar-refractivity contribution >= 4 is 17.6 Å². The number of hydrogen-bond acceptors (Lipinski definition) is 5. The van der Waals surface area contributed by atoms with Gasteiger partial charge in [-0.2, -0.15) is 0 Å². The third-order valence-corrected chi connectivity index (χ3v) is 4.70. The molecule has 0 saturated heterocycles. The molecule has 3 rings (SSSR count). The Morgan fingerprint density at radius 3 is 2.71 bits per heavy atom. The molecule has 1 aliphatic carbocycles. The van der Waals surface area contributed by atoms with Crippen LogP contribution in [0.5, 0.6) is 0 Å². The summed E-state index contributed by atoms with van der Waals surface area (Å²) < 4.78 is 5.19. The fraction of sp³-hybridized carbons (Fsp3) is 0.500. The molecule has 1 amide bonds. The minimum atomic E-state index is -0.436. The largest absolute Gasteiger partial charge is 0.466 e. The standard InChI is InChI=1S/C18H22N2O4/c1-3-14-12-10-13(18(22)23-4-2)15(16(12)24-20-14)19-17(21)11-8-6-5-7-9-11/h5-9,12-13,15-16H,3-4,10H2,1-2H3,(H,19,21)/t12-,13+,15-,16+/m1/s1. The van der Waals surface area contributed by atoms with E-state index < -0.39 is 12.0 Å². The van der Waals surface area contributed by atoms with Crippen molar-refractivity contribution in [3.05, 3.63) is 35.9 Å². The Bertz CT molecular complexity index is 644. The lowest BCUT2D eigenvalue weighted by Crippen LogP contribution is -2.47. The highest BCUT2D eigenvalue weighted by atomic mass is 16.6. The molecule has 0 bridgehead atoms. The Kier molecular flexibility index (Phi) is 4.83. The van der Waals surface area contributed by atoms with Crippen LogP contribution in [0.3, 0.4) is 0 Å². The monoisotopic (exact) mass is 330 g/mol. The molecule has 4 atom stereocenters. The van der Waals surface area contributed by atoms with Gasteiger partial charge in [0.15, 0.2) is 6.10 Å². The zero-order valence-electron chi connectivity index (χ0n) is 13.9. The van der Waals surface area contributed by atoms with Crippen LogP contribution in [0.25, 0.3) is 0 Å². The smallest absolute Gasteiger partial charge is 0.311 e. The SMILES string of the molecule is CCOC(=O)[C@H]1C[C@@H]2C(CC)=NO[C@@H]2[C@@H]1NC(=O)c1ccccc1. The molecule has 128 valence electrons. The van der Waals surface area contributed by atoms with Gasteiger partial charge in [-0.15, -0.1) is 0 Å². The van der Waals surface area contributed by atoms with Crippen molar-refractivity contribution < 1.29 is 19.2 Å². The zero-order valence-corrected chi connectivity index (χ0v) is 13.9. The van der Waals surface area contributed by atoms with Gasteiger partial charge >= 0.3 is 5.97 Å². The van der Waals surface area contributed by atoms with Crippen LogP contribution in [-0.4, -0.2) is 36.3 Å². The molecule has 1 aromatic rings. The lowest BCUT2D eigenvalue weighted by atomic mass is 9.97. The predicted octanol–water partition coefficient (Wildman–Crippen LogP) is 2.15. The molecule has 0 radical (unpaired) electrons. The summed E-state index contributed by atoms with van der Waals surface area (Å²) in [6, 6.07) is 8.51. The van der Waals surface area contributed by atoms with Crippen LogP contribution in [0.15, 0.2) is 35.5 Å². The fourth-order valence-corrected chi connectivity index (χ4v) is 3.52. The first kappa shape index (κ1) is 16.5. The molecule has 0 aromatic heterocycles. The quantitative estimate of drug-likeness (QED) is 0.839. The third kappa shape index (κ3) is 3.00. The Hall–Kier alpha value is -2.37. The van der Waals surface area contributed by atoms with Gasteiger partial charge in [-0.05, 0) is 31.9 Å². The number of carbonyl (C=O) groups is 2. The lowest BCUT2D eigenvalue weighted by molar-refractivity contribution is -0.149. The minimum Gasteiger partial charge on any atom is -0.466 e. The van der Waals surface area contributed by atoms with E-state index >= 15 is 0 Å². The predicted molar refractivity (Wildman–Crippen MR) is 88.5 cm³/mol. The molecule has 2 aliphatic rings. The summed E-state index contributed by atoms with van der Waals surface area (Å²) in [5.41, 5.74) is 1.50. The molecule has 1 aliphatic heterocycles. The third-order valence-electron chi connectivity index (χ3n) is 4.70. The molecule has 1 aromatic carbocycles. The highest BCUT2D eigenvalue weighted by Gasteiger charge is 2.53. The second kappa shape index (κ2) is 7.03. The number of carbonyl (C=O) groups excluding carboxylic acids is 2. The molecular formula is C18H22N2O4. The molecule has 0 unspecified atom stereocenters. The molecule has 1 heterocycles. The summed E-state index contributed by atoms with van der Waals surface area (Å²) in [4.78, 5) is 30.4. The zero-order chi connectivity index (χ0) is 17.1. The van der Waals surface area contributed by atoms with Crippen molar-refractivity contribution in [1.29, 1.82) is 0 Å². The molecule has 1 N–H and O–H groups in total. The Labute approximate surface area is 141 Å². The molecule has 1 saturated carbocycles. The maximum absolute atomic E-state index is 12.5. The number of oxime groups is 1. The number of nitrogens with zero attached hydrogens (tertiary/aromatic N) is 1. The topological polar surface area (TPSA) is 77.0 Å². The Morgan fingerprint density at radius 1 is 1.29 bits per heavy atom. The van der Waals surface area contributed by atoms with E-state index in [4.69, 9.17) is 9.57 Å². The van der Waals surface area contributed by atoms with Gasteiger partial charge in [-0.3, -0.25) is 9.59 Å². The molecule has 24 heavy (non-hydrogen) atoms. The highest BCUT2D eigenvalue weighted by molar-refractivity contribution is 5.95. The summed E-state index contributed by atoms with van der Waals surface area (Å²) in [5, 5.41) is 7.08. The Morgan fingerprint density at radius 2 is 2.04 bits per heavy atom. The van der Waals surface area contributed by atoms with Crippen LogP contribution in [-0.2, 0) is 14.4 Å². The average molecular weight is 330 g/mol. The van der Waals surface area contributed by atoms with Gasteiger partial charge in [0.25, 0.3) is 5.91 Å². The van der Waals surface area contributed by atoms with Crippen LogP contribution in [0.1, 0.15) is 37.0 Å². The maximum Gasteiger partial charge on any atom is 0.311 e. The van der Waals surface area contributed by atoms with Crippen molar-refractivity contribution in [2.45, 2.75) is 38.8 Å². The van der Waals surface area contributed by atoms with Gasteiger partial charge in [0.05, 0.1) is 24.3 Å². The van der Waals surface area contributed by atoms with E-state index in [0.717, 1.165) is 12.1 Å². The van der Waals surface area contributed by atoms with Gasteiger partial charge < -0.3 is 14.9 Å². The van der Waals surface area contributed by atoms with Crippen molar-refractivity contribution in [1.82, 2.24) is 5.32 Å². The second-order valence-corrected chi connectivity index (χ2v) is 6.07. The van der Waals surface area contributed by atoms with Crippen molar-refractivity contribution in [2.75, 3.05) is 6.61 Å². The minimum absolute atomic E-state index is 0.0606. The molecule has 6 nitrogen and oxygen atoms in total.